The summed E-state index contributed by atoms with van der Waals surface area (Å²) in [7, 11) is 0. The monoisotopic (exact) mass is 474 g/mol. The molecule has 33 heavy (non-hydrogen) atoms. The van der Waals surface area contributed by atoms with Gasteiger partial charge < -0.3 is 24.6 Å². The highest BCUT2D eigenvalue weighted by Crippen LogP contribution is 2.26. The quantitative estimate of drug-likeness (QED) is 0.499. The number of nitrogens with one attached hydrogen (secondary N) is 2. The minimum absolute atomic E-state index is 0.00809. The van der Waals surface area contributed by atoms with Gasteiger partial charge in [-0.1, -0.05) is 17.8 Å². The van der Waals surface area contributed by atoms with Crippen LogP contribution in [0.3, 0.4) is 0 Å². The van der Waals surface area contributed by atoms with E-state index >= 15 is 0 Å². The number of carbonyl (C=O) groups is 2. The highest BCUT2D eigenvalue weighted by atomic mass is 32.2. The Morgan fingerprint density at radius 2 is 2.06 bits per heavy atom. The molecule has 0 spiro atoms. The van der Waals surface area contributed by atoms with Crippen LogP contribution in [0, 0.1) is 5.82 Å². The number of piperazine rings is 1. The van der Waals surface area contributed by atoms with Crippen molar-refractivity contribution < 1.29 is 18.5 Å². The average molecular weight is 475 g/mol. The normalized spacial score (nSPS) is 13.9. The van der Waals surface area contributed by atoms with E-state index in [1.165, 1.54) is 35.7 Å². The molecule has 4 rings (SSSR count). The lowest BCUT2D eigenvalue weighted by Gasteiger charge is -2.36. The molecule has 1 aromatic carbocycles. The first-order valence-corrected chi connectivity index (χ1v) is 11.3. The second kappa shape index (κ2) is 9.94. The molecule has 0 aliphatic carbocycles. The summed E-state index contributed by atoms with van der Waals surface area (Å²) in [6, 6.07) is 4.58. The molecule has 2 amide bonds. The summed E-state index contributed by atoms with van der Waals surface area (Å²) < 4.78 is 21.2. The fourth-order valence-electron chi connectivity index (χ4n) is 3.52. The summed E-state index contributed by atoms with van der Waals surface area (Å²) in [4.78, 5) is 46.3. The number of hydrogen-bond acceptors (Lipinski definition) is 7. The predicted molar refractivity (Wildman–Crippen MR) is 120 cm³/mol. The Labute approximate surface area is 192 Å². The number of halogens is 1. The number of H-pyrrole nitrogens is 1. The summed E-state index contributed by atoms with van der Waals surface area (Å²) in [6.45, 7) is 3.36. The number of nitrogens with zero attached hydrogens (tertiary/aromatic N) is 4. The van der Waals surface area contributed by atoms with Crippen LogP contribution in [-0.2, 0) is 16.3 Å². The Kier molecular flexibility index (Phi) is 6.82. The maximum absolute atomic E-state index is 14.9. The third-order valence-corrected chi connectivity index (χ3v) is 6.10. The Morgan fingerprint density at radius 1 is 1.27 bits per heavy atom. The van der Waals surface area contributed by atoms with Crippen LogP contribution in [0.4, 0.5) is 10.1 Å². The van der Waals surface area contributed by atoms with Crippen molar-refractivity contribution in [3.05, 3.63) is 53.0 Å². The van der Waals surface area contributed by atoms with Crippen molar-refractivity contribution in [3.8, 4) is 11.1 Å². The molecule has 0 unspecified atom stereocenters. The number of benzene rings is 1. The fraction of sp³-hybridized carbons (Fsp3) is 0.333. The molecule has 174 valence electrons. The molecule has 10 nitrogen and oxygen atoms in total. The van der Waals surface area contributed by atoms with Crippen LogP contribution in [0.5, 0.6) is 0 Å². The smallest absolute Gasteiger partial charge is 0.365 e. The molecule has 1 fully saturated rings. The highest BCUT2D eigenvalue weighted by molar-refractivity contribution is 7.99. The summed E-state index contributed by atoms with van der Waals surface area (Å²) in [5.41, 5.74) is 0.385. The van der Waals surface area contributed by atoms with Gasteiger partial charge in [-0.3, -0.25) is 9.59 Å². The molecule has 0 bridgehead atoms. The highest BCUT2D eigenvalue weighted by Gasteiger charge is 2.23. The first-order valence-electron chi connectivity index (χ1n) is 10.3. The number of carbonyl (C=O) groups excluding carboxylic acids is 2. The molecular weight excluding hydrogens is 451 g/mol. The van der Waals surface area contributed by atoms with Crippen molar-refractivity contribution in [3.63, 3.8) is 0 Å². The summed E-state index contributed by atoms with van der Waals surface area (Å²) in [6.07, 6.45) is 4.77. The lowest BCUT2D eigenvalue weighted by molar-refractivity contribution is -0.128. The summed E-state index contributed by atoms with van der Waals surface area (Å²) >= 11 is 1.35. The van der Waals surface area contributed by atoms with Gasteiger partial charge in [0.05, 0.1) is 23.2 Å². The van der Waals surface area contributed by atoms with Gasteiger partial charge in [-0.2, -0.15) is 4.74 Å². The van der Waals surface area contributed by atoms with E-state index in [4.69, 9.17) is 4.52 Å². The zero-order chi connectivity index (χ0) is 23.4. The average Bonchev–Trinajstić information content (AvgIpc) is 3.45. The number of rotatable bonds is 7. The minimum atomic E-state index is -0.618. The van der Waals surface area contributed by atoms with E-state index in [-0.39, 0.29) is 24.0 Å². The molecule has 2 N–H and O–H groups in total. The molecule has 12 heteroatoms. The number of anilines is 1. The molecule has 2 aromatic heterocycles. The third-order valence-electron chi connectivity index (χ3n) is 5.21. The van der Waals surface area contributed by atoms with E-state index < -0.39 is 11.4 Å². The van der Waals surface area contributed by atoms with E-state index in [1.54, 1.807) is 29.4 Å². The molecule has 1 aliphatic heterocycles. The largest absolute Gasteiger partial charge is 0.366 e. The summed E-state index contributed by atoms with van der Waals surface area (Å²) in [5, 5.41) is 3.22. The number of aromatic amines is 1. The molecule has 3 aromatic rings. The lowest BCUT2D eigenvalue weighted by atomic mass is 10.1. The number of aromatic nitrogens is 3. The minimum Gasteiger partial charge on any atom is -0.366 e. The third kappa shape index (κ3) is 5.45. The maximum atomic E-state index is 14.9. The molecular formula is C21H23FN6O4S. The van der Waals surface area contributed by atoms with Crippen LogP contribution >= 0.6 is 11.8 Å². The van der Waals surface area contributed by atoms with Gasteiger partial charge in [0.15, 0.2) is 5.16 Å². The number of hydrogen-bond donors (Lipinski definition) is 2. The van der Waals surface area contributed by atoms with Crippen LogP contribution < -0.4 is 15.8 Å². The van der Waals surface area contributed by atoms with Gasteiger partial charge in [0.1, 0.15) is 12.5 Å². The van der Waals surface area contributed by atoms with Crippen molar-refractivity contribution in [2.75, 3.05) is 36.8 Å². The van der Waals surface area contributed by atoms with Crippen LogP contribution in [0.2, 0.25) is 0 Å². The van der Waals surface area contributed by atoms with Gasteiger partial charge in [0, 0.05) is 45.5 Å². The van der Waals surface area contributed by atoms with Crippen molar-refractivity contribution >= 4 is 29.3 Å². The molecule has 1 aliphatic rings. The van der Waals surface area contributed by atoms with Crippen LogP contribution in [0.15, 0.2) is 51.3 Å². The van der Waals surface area contributed by atoms with Gasteiger partial charge in [-0.25, -0.2) is 14.2 Å². The predicted octanol–water partition coefficient (Wildman–Crippen LogP) is 1.50. The van der Waals surface area contributed by atoms with E-state index in [2.05, 4.69) is 15.3 Å². The summed E-state index contributed by atoms with van der Waals surface area (Å²) in [5.74, 6) is -0.417. The molecule has 0 radical (unpaired) electrons. The molecule has 3 heterocycles. The Bertz CT molecular complexity index is 1180. The molecule has 1 saturated heterocycles. The SMILES string of the molecule is CC(=O)NCn1cc(-c2ccc(N3CCN(C(=O)CSc4ncc[nH]4)CC3)c(F)c2)c(=O)o1. The van der Waals surface area contributed by atoms with E-state index in [0.29, 0.717) is 48.3 Å². The van der Waals surface area contributed by atoms with Crippen molar-refractivity contribution in [2.24, 2.45) is 0 Å². The Morgan fingerprint density at radius 3 is 2.73 bits per heavy atom. The Balaban J connectivity index is 1.36. The van der Waals surface area contributed by atoms with E-state index in [0.717, 1.165) is 0 Å². The van der Waals surface area contributed by atoms with Crippen molar-refractivity contribution in [2.45, 2.75) is 18.7 Å². The van der Waals surface area contributed by atoms with Crippen LogP contribution in [-0.4, -0.2) is 63.4 Å². The van der Waals surface area contributed by atoms with Gasteiger partial charge in [-0.15, -0.1) is 0 Å². The standard InChI is InChI=1S/C21H23FN6O4S/c1-14(29)25-13-28-11-16(20(31)32-28)15-2-3-18(17(22)10-15)26-6-8-27(9-7-26)19(30)12-33-21-23-4-5-24-21/h2-5,10-11H,6-9,12-13H2,1H3,(H,23,24)(H,25,29). The zero-order valence-corrected chi connectivity index (χ0v) is 18.7. The Hall–Kier alpha value is -3.54. The van der Waals surface area contributed by atoms with Gasteiger partial charge in [0.25, 0.3) is 0 Å². The van der Waals surface area contributed by atoms with Crippen LogP contribution in [0.25, 0.3) is 11.1 Å². The second-order valence-corrected chi connectivity index (χ2v) is 8.41. The van der Waals surface area contributed by atoms with Crippen LogP contribution in [0.1, 0.15) is 6.92 Å². The zero-order valence-electron chi connectivity index (χ0n) is 17.9. The van der Waals surface area contributed by atoms with Gasteiger partial charge in [0.2, 0.25) is 11.8 Å². The number of amides is 2. The van der Waals surface area contributed by atoms with Gasteiger partial charge in [-0.05, 0) is 17.7 Å². The maximum Gasteiger partial charge on any atom is 0.365 e. The van der Waals surface area contributed by atoms with E-state index in [9.17, 15) is 18.8 Å². The fourth-order valence-corrected chi connectivity index (χ4v) is 4.25. The second-order valence-electron chi connectivity index (χ2n) is 7.45. The lowest BCUT2D eigenvalue weighted by Crippen LogP contribution is -2.49. The van der Waals surface area contributed by atoms with Crippen molar-refractivity contribution in [1.29, 1.82) is 0 Å². The molecule has 0 atom stereocenters. The van der Waals surface area contributed by atoms with Crippen molar-refractivity contribution in [1.82, 2.24) is 24.9 Å². The topological polar surface area (TPSA) is 116 Å². The van der Waals surface area contributed by atoms with Gasteiger partial charge >= 0.3 is 5.63 Å². The molecule has 0 saturated carbocycles. The number of imidazole rings is 1. The number of thioether (sulfide) groups is 1. The van der Waals surface area contributed by atoms with E-state index in [1.807, 2.05) is 4.90 Å². The first kappa shape index (κ1) is 22.6. The first-order chi connectivity index (χ1) is 15.9.